The van der Waals surface area contributed by atoms with E-state index >= 15 is 0 Å². The van der Waals surface area contributed by atoms with Crippen molar-refractivity contribution in [1.29, 1.82) is 0 Å². The van der Waals surface area contributed by atoms with Crippen molar-refractivity contribution in [3.05, 3.63) is 23.3 Å². The minimum Gasteiger partial charge on any atom is -0.478 e. The number of carboxylic acids is 1. The molecule has 0 bridgehead atoms. The van der Waals surface area contributed by atoms with Gasteiger partial charge in [0.2, 0.25) is 0 Å². The fraction of sp³-hybridized carbons (Fsp3) is 0.583. The average Bonchev–Trinajstić information content (AvgIpc) is 2.25. The smallest absolute Gasteiger partial charge is 0.339 e. The molecule has 0 aliphatic carbocycles. The molecule has 1 aromatic rings. The number of carbonyl (C=O) groups is 1. The number of nitrogens with zero attached hydrogens (tertiary/aromatic N) is 2. The van der Waals surface area contributed by atoms with Gasteiger partial charge in [0.05, 0.1) is 11.3 Å². The SMILES string of the molecule is CCCCc1ncc(C(=O)O)c(C(C)C)n1. The highest BCUT2D eigenvalue weighted by Gasteiger charge is 2.15. The predicted octanol–water partition coefficient (Wildman–Crippen LogP) is 2.64. The first-order valence-corrected chi connectivity index (χ1v) is 5.65. The van der Waals surface area contributed by atoms with Crippen LogP contribution in [0.25, 0.3) is 0 Å². The summed E-state index contributed by atoms with van der Waals surface area (Å²) in [6.45, 7) is 5.99. The van der Waals surface area contributed by atoms with E-state index in [9.17, 15) is 4.79 Å². The Hall–Kier alpha value is -1.45. The quantitative estimate of drug-likeness (QED) is 0.831. The van der Waals surface area contributed by atoms with E-state index < -0.39 is 5.97 Å². The Morgan fingerprint density at radius 1 is 1.50 bits per heavy atom. The molecule has 1 N–H and O–H groups in total. The molecule has 0 amide bonds. The van der Waals surface area contributed by atoms with Crippen molar-refractivity contribution in [2.45, 2.75) is 46.0 Å². The summed E-state index contributed by atoms with van der Waals surface area (Å²) in [5, 5.41) is 9.00. The lowest BCUT2D eigenvalue weighted by molar-refractivity contribution is 0.0694. The van der Waals surface area contributed by atoms with Crippen LogP contribution in [0.2, 0.25) is 0 Å². The lowest BCUT2D eigenvalue weighted by Crippen LogP contribution is -2.10. The third kappa shape index (κ3) is 3.02. The molecule has 0 fully saturated rings. The summed E-state index contributed by atoms with van der Waals surface area (Å²) in [6.07, 6.45) is 4.36. The molecule has 16 heavy (non-hydrogen) atoms. The van der Waals surface area contributed by atoms with E-state index in [1.165, 1.54) is 6.20 Å². The van der Waals surface area contributed by atoms with Crippen molar-refractivity contribution in [3.8, 4) is 0 Å². The van der Waals surface area contributed by atoms with E-state index in [-0.39, 0.29) is 11.5 Å². The summed E-state index contributed by atoms with van der Waals surface area (Å²) >= 11 is 0. The molecule has 0 saturated heterocycles. The van der Waals surface area contributed by atoms with E-state index in [1.807, 2.05) is 13.8 Å². The van der Waals surface area contributed by atoms with Gasteiger partial charge in [0.25, 0.3) is 0 Å². The summed E-state index contributed by atoms with van der Waals surface area (Å²) < 4.78 is 0. The van der Waals surface area contributed by atoms with Gasteiger partial charge < -0.3 is 5.11 Å². The first kappa shape index (κ1) is 12.6. The fourth-order valence-corrected chi connectivity index (χ4v) is 1.49. The Bertz CT molecular complexity index is 375. The van der Waals surface area contributed by atoms with Gasteiger partial charge in [0.1, 0.15) is 5.82 Å². The standard InChI is InChI=1S/C12H18N2O2/c1-4-5-6-10-13-7-9(12(15)16)11(14-10)8(2)3/h7-8H,4-6H2,1-3H3,(H,15,16). The topological polar surface area (TPSA) is 63.1 Å². The summed E-state index contributed by atoms with van der Waals surface area (Å²) in [6, 6.07) is 0. The molecular weight excluding hydrogens is 204 g/mol. The van der Waals surface area contributed by atoms with Crippen molar-refractivity contribution in [3.63, 3.8) is 0 Å². The third-order valence-corrected chi connectivity index (χ3v) is 2.40. The molecule has 1 rings (SSSR count). The van der Waals surface area contributed by atoms with Gasteiger partial charge in [-0.05, 0) is 12.3 Å². The van der Waals surface area contributed by atoms with E-state index in [0.29, 0.717) is 5.69 Å². The molecular formula is C12H18N2O2. The normalized spacial score (nSPS) is 10.8. The highest BCUT2D eigenvalue weighted by atomic mass is 16.4. The van der Waals surface area contributed by atoms with Crippen LogP contribution in [0, 0.1) is 0 Å². The number of carboxylic acid groups (broad SMARTS) is 1. The molecule has 88 valence electrons. The third-order valence-electron chi connectivity index (χ3n) is 2.40. The van der Waals surface area contributed by atoms with E-state index in [4.69, 9.17) is 5.11 Å². The number of aromatic carboxylic acids is 1. The van der Waals surface area contributed by atoms with Crippen LogP contribution in [0.4, 0.5) is 0 Å². The molecule has 4 heteroatoms. The van der Waals surface area contributed by atoms with Crippen molar-refractivity contribution in [2.24, 2.45) is 0 Å². The first-order chi connectivity index (χ1) is 7.56. The molecule has 0 aliphatic heterocycles. The van der Waals surface area contributed by atoms with Gasteiger partial charge in [-0.2, -0.15) is 0 Å². The maximum Gasteiger partial charge on any atom is 0.339 e. The number of aryl methyl sites for hydroxylation is 1. The minimum absolute atomic E-state index is 0.106. The highest BCUT2D eigenvalue weighted by Crippen LogP contribution is 2.17. The second-order valence-electron chi connectivity index (χ2n) is 4.15. The van der Waals surface area contributed by atoms with Gasteiger partial charge in [-0.15, -0.1) is 0 Å². The van der Waals surface area contributed by atoms with Crippen LogP contribution in [-0.4, -0.2) is 21.0 Å². The molecule has 0 unspecified atom stereocenters. The predicted molar refractivity (Wildman–Crippen MR) is 61.7 cm³/mol. The lowest BCUT2D eigenvalue weighted by atomic mass is 10.1. The van der Waals surface area contributed by atoms with Crippen LogP contribution in [0.5, 0.6) is 0 Å². The number of hydrogen-bond acceptors (Lipinski definition) is 3. The molecule has 0 saturated carbocycles. The Balaban J connectivity index is 3.02. The van der Waals surface area contributed by atoms with Gasteiger partial charge in [-0.1, -0.05) is 27.2 Å². The van der Waals surface area contributed by atoms with Crippen LogP contribution in [0.3, 0.4) is 0 Å². The van der Waals surface area contributed by atoms with E-state index in [0.717, 1.165) is 25.1 Å². The zero-order valence-corrected chi connectivity index (χ0v) is 10.0. The first-order valence-electron chi connectivity index (χ1n) is 5.65. The molecule has 0 aromatic carbocycles. The van der Waals surface area contributed by atoms with Crippen molar-refractivity contribution < 1.29 is 9.90 Å². The number of rotatable bonds is 5. The second-order valence-corrected chi connectivity index (χ2v) is 4.15. The fourth-order valence-electron chi connectivity index (χ4n) is 1.49. The van der Waals surface area contributed by atoms with E-state index in [1.54, 1.807) is 0 Å². The number of aromatic nitrogens is 2. The summed E-state index contributed by atoms with van der Waals surface area (Å²) in [5.74, 6) is -0.101. The Morgan fingerprint density at radius 3 is 2.69 bits per heavy atom. The minimum atomic E-state index is -0.953. The maximum atomic E-state index is 11.0. The van der Waals surface area contributed by atoms with Crippen molar-refractivity contribution in [2.75, 3.05) is 0 Å². The van der Waals surface area contributed by atoms with Crippen molar-refractivity contribution in [1.82, 2.24) is 9.97 Å². The maximum absolute atomic E-state index is 11.0. The van der Waals surface area contributed by atoms with Gasteiger partial charge in [-0.3, -0.25) is 0 Å². The monoisotopic (exact) mass is 222 g/mol. The Labute approximate surface area is 95.7 Å². The van der Waals surface area contributed by atoms with Crippen LogP contribution in [0.15, 0.2) is 6.20 Å². The van der Waals surface area contributed by atoms with Gasteiger partial charge in [0, 0.05) is 12.6 Å². The van der Waals surface area contributed by atoms with Crippen LogP contribution in [-0.2, 0) is 6.42 Å². The van der Waals surface area contributed by atoms with Gasteiger partial charge >= 0.3 is 5.97 Å². The van der Waals surface area contributed by atoms with Crippen LogP contribution in [0.1, 0.15) is 61.4 Å². The molecule has 0 spiro atoms. The zero-order chi connectivity index (χ0) is 12.1. The van der Waals surface area contributed by atoms with Crippen molar-refractivity contribution >= 4 is 5.97 Å². The number of unbranched alkanes of at least 4 members (excludes halogenated alkanes) is 1. The summed E-state index contributed by atoms with van der Waals surface area (Å²) in [7, 11) is 0. The van der Waals surface area contributed by atoms with E-state index in [2.05, 4.69) is 16.9 Å². The van der Waals surface area contributed by atoms with Crippen LogP contribution >= 0.6 is 0 Å². The zero-order valence-electron chi connectivity index (χ0n) is 10.0. The van der Waals surface area contributed by atoms with Gasteiger partial charge in [0.15, 0.2) is 0 Å². The largest absolute Gasteiger partial charge is 0.478 e. The van der Waals surface area contributed by atoms with Gasteiger partial charge in [-0.25, -0.2) is 14.8 Å². The molecule has 0 atom stereocenters. The average molecular weight is 222 g/mol. The lowest BCUT2D eigenvalue weighted by Gasteiger charge is -2.09. The molecule has 4 nitrogen and oxygen atoms in total. The Kier molecular flexibility index (Phi) is 4.40. The summed E-state index contributed by atoms with van der Waals surface area (Å²) in [5.41, 5.74) is 0.851. The molecule has 0 aliphatic rings. The Morgan fingerprint density at radius 2 is 2.19 bits per heavy atom. The second kappa shape index (κ2) is 5.58. The summed E-state index contributed by atoms with van der Waals surface area (Å²) in [4.78, 5) is 19.4. The van der Waals surface area contributed by atoms with Crippen LogP contribution < -0.4 is 0 Å². The molecule has 1 heterocycles. The molecule has 0 radical (unpaired) electrons. The molecule has 1 aromatic heterocycles. The number of hydrogen-bond donors (Lipinski definition) is 1. The highest BCUT2D eigenvalue weighted by molar-refractivity contribution is 5.88.